The maximum Gasteiger partial charge on any atom is 0.237 e. The van der Waals surface area contributed by atoms with Crippen molar-refractivity contribution in [2.24, 2.45) is 23.0 Å². The van der Waals surface area contributed by atoms with Crippen LogP contribution in [0.3, 0.4) is 0 Å². The minimum Gasteiger partial charge on any atom is -0.381 e. The molecule has 3 N–H and O–H groups in total. The van der Waals surface area contributed by atoms with Gasteiger partial charge in [-0.05, 0) is 49.4 Å². The van der Waals surface area contributed by atoms with Crippen LogP contribution in [0.15, 0.2) is 0 Å². The molecule has 2 aliphatic rings. The highest BCUT2D eigenvalue weighted by Gasteiger charge is 2.38. The molecule has 0 spiro atoms. The number of nitrogens with one attached hydrogen (secondary N) is 1. The lowest BCUT2D eigenvalue weighted by atomic mass is 9.64. The van der Waals surface area contributed by atoms with Gasteiger partial charge in [0.1, 0.15) is 0 Å². The molecule has 1 saturated carbocycles. The minimum absolute atomic E-state index is 0. The van der Waals surface area contributed by atoms with Gasteiger partial charge >= 0.3 is 0 Å². The average molecular weight is 319 g/mol. The summed E-state index contributed by atoms with van der Waals surface area (Å²) in [6.45, 7) is 6.80. The summed E-state index contributed by atoms with van der Waals surface area (Å²) in [5.41, 5.74) is 6.46. The second-order valence-corrected chi connectivity index (χ2v) is 7.14. The first-order valence-electron chi connectivity index (χ1n) is 8.13. The first kappa shape index (κ1) is 18.7. The number of nitrogens with two attached hydrogens (primary N) is 1. The van der Waals surface area contributed by atoms with Crippen molar-refractivity contribution in [3.63, 3.8) is 0 Å². The number of carbonyl (C=O) groups is 1. The van der Waals surface area contributed by atoms with E-state index in [-0.39, 0.29) is 30.3 Å². The average Bonchev–Trinajstić information content (AvgIpc) is 2.41. The van der Waals surface area contributed by atoms with Crippen LogP contribution < -0.4 is 11.1 Å². The number of amides is 1. The van der Waals surface area contributed by atoms with Gasteiger partial charge in [-0.15, -0.1) is 12.4 Å². The Hall–Kier alpha value is -0.320. The van der Waals surface area contributed by atoms with Crippen molar-refractivity contribution in [3.8, 4) is 0 Å². The van der Waals surface area contributed by atoms with Crippen LogP contribution in [-0.4, -0.2) is 31.7 Å². The molecule has 0 aromatic heterocycles. The molecule has 2 fully saturated rings. The van der Waals surface area contributed by atoms with Gasteiger partial charge in [0.2, 0.25) is 5.91 Å². The van der Waals surface area contributed by atoms with E-state index in [1.807, 2.05) is 0 Å². The van der Waals surface area contributed by atoms with E-state index in [2.05, 4.69) is 19.2 Å². The van der Waals surface area contributed by atoms with Crippen LogP contribution in [0.2, 0.25) is 0 Å². The van der Waals surface area contributed by atoms with Crippen molar-refractivity contribution in [3.05, 3.63) is 0 Å². The lowest BCUT2D eigenvalue weighted by Crippen LogP contribution is -2.51. The maximum absolute atomic E-state index is 12.2. The van der Waals surface area contributed by atoms with Gasteiger partial charge in [0.05, 0.1) is 6.04 Å². The van der Waals surface area contributed by atoms with Crippen LogP contribution in [-0.2, 0) is 9.53 Å². The molecule has 0 radical (unpaired) electrons. The lowest BCUT2D eigenvalue weighted by molar-refractivity contribution is -0.125. The topological polar surface area (TPSA) is 64.4 Å². The zero-order valence-electron chi connectivity index (χ0n) is 13.4. The molecule has 1 atom stereocenters. The summed E-state index contributed by atoms with van der Waals surface area (Å²) >= 11 is 0. The Kier molecular flexibility index (Phi) is 7.45. The number of carbonyl (C=O) groups excluding carboxylic acids is 1. The van der Waals surface area contributed by atoms with Crippen molar-refractivity contribution in [1.29, 1.82) is 0 Å². The van der Waals surface area contributed by atoms with Crippen LogP contribution in [0, 0.1) is 17.3 Å². The SMILES string of the molecule is CC(C)CC1(CNC(=O)C(N)C2CCOCC2)CCC1.Cl. The van der Waals surface area contributed by atoms with E-state index < -0.39 is 0 Å². The zero-order chi connectivity index (χ0) is 14.6. The van der Waals surface area contributed by atoms with E-state index in [0.29, 0.717) is 11.3 Å². The highest BCUT2D eigenvalue weighted by atomic mass is 35.5. The van der Waals surface area contributed by atoms with Gasteiger partial charge in [-0.25, -0.2) is 0 Å². The fourth-order valence-electron chi connectivity index (χ4n) is 3.68. The van der Waals surface area contributed by atoms with E-state index >= 15 is 0 Å². The Morgan fingerprint density at radius 3 is 2.43 bits per heavy atom. The summed E-state index contributed by atoms with van der Waals surface area (Å²) in [5, 5.41) is 3.12. The third kappa shape index (κ3) is 5.11. The number of hydrogen-bond donors (Lipinski definition) is 2. The third-order valence-corrected chi connectivity index (χ3v) is 4.97. The summed E-state index contributed by atoms with van der Waals surface area (Å²) in [5.74, 6) is 1.01. The number of halogens is 1. The Balaban J connectivity index is 0.00000220. The van der Waals surface area contributed by atoms with Crippen LogP contribution in [0.5, 0.6) is 0 Å². The monoisotopic (exact) mass is 318 g/mol. The molecule has 5 heteroatoms. The number of rotatable bonds is 6. The smallest absolute Gasteiger partial charge is 0.237 e. The molecule has 1 aliphatic heterocycles. The lowest BCUT2D eigenvalue weighted by Gasteiger charge is -2.43. The molecule has 0 aromatic carbocycles. The summed E-state index contributed by atoms with van der Waals surface area (Å²) in [6, 6.07) is -0.366. The molecule has 1 amide bonds. The highest BCUT2D eigenvalue weighted by Crippen LogP contribution is 2.45. The quantitative estimate of drug-likeness (QED) is 0.791. The largest absolute Gasteiger partial charge is 0.381 e. The summed E-state index contributed by atoms with van der Waals surface area (Å²) in [4.78, 5) is 12.2. The summed E-state index contributed by atoms with van der Waals surface area (Å²) < 4.78 is 5.33. The Bertz CT molecular complexity index is 326. The van der Waals surface area contributed by atoms with E-state index in [9.17, 15) is 4.79 Å². The summed E-state index contributed by atoms with van der Waals surface area (Å²) in [7, 11) is 0. The molecule has 0 aromatic rings. The zero-order valence-corrected chi connectivity index (χ0v) is 14.2. The highest BCUT2D eigenvalue weighted by molar-refractivity contribution is 5.85. The standard InChI is InChI=1S/C16H30N2O2.ClH/c1-12(2)10-16(6-3-7-16)11-18-15(19)14(17)13-4-8-20-9-5-13;/h12-14H,3-11,17H2,1-2H3,(H,18,19);1H. The van der Waals surface area contributed by atoms with Crippen LogP contribution in [0.25, 0.3) is 0 Å². The number of hydrogen-bond acceptors (Lipinski definition) is 3. The molecule has 1 unspecified atom stereocenters. The van der Waals surface area contributed by atoms with Gasteiger partial charge in [-0.3, -0.25) is 4.79 Å². The maximum atomic E-state index is 12.2. The Morgan fingerprint density at radius 2 is 1.95 bits per heavy atom. The minimum atomic E-state index is -0.366. The number of ether oxygens (including phenoxy) is 1. The second kappa shape index (κ2) is 8.35. The molecule has 1 aliphatic carbocycles. The predicted octanol–water partition coefficient (Wildman–Crippen LogP) is 2.49. The molecular weight excluding hydrogens is 288 g/mol. The Labute approximate surface area is 135 Å². The predicted molar refractivity (Wildman–Crippen MR) is 87.5 cm³/mol. The molecule has 4 nitrogen and oxygen atoms in total. The normalized spacial score (nSPS) is 23.0. The molecule has 1 saturated heterocycles. The van der Waals surface area contributed by atoms with Crippen molar-refractivity contribution >= 4 is 18.3 Å². The van der Waals surface area contributed by atoms with Gasteiger partial charge in [0.15, 0.2) is 0 Å². The van der Waals surface area contributed by atoms with Crippen molar-refractivity contribution in [2.75, 3.05) is 19.8 Å². The third-order valence-electron chi connectivity index (χ3n) is 4.97. The van der Waals surface area contributed by atoms with Crippen molar-refractivity contribution < 1.29 is 9.53 Å². The van der Waals surface area contributed by atoms with Crippen LogP contribution >= 0.6 is 12.4 Å². The van der Waals surface area contributed by atoms with Crippen molar-refractivity contribution in [2.45, 2.75) is 58.4 Å². The summed E-state index contributed by atoms with van der Waals surface area (Å²) in [6.07, 6.45) is 6.82. The van der Waals surface area contributed by atoms with Gasteiger partial charge in [-0.2, -0.15) is 0 Å². The van der Waals surface area contributed by atoms with Crippen molar-refractivity contribution in [1.82, 2.24) is 5.32 Å². The van der Waals surface area contributed by atoms with Gasteiger partial charge in [0.25, 0.3) is 0 Å². The Morgan fingerprint density at radius 1 is 1.33 bits per heavy atom. The van der Waals surface area contributed by atoms with Gasteiger partial charge in [0, 0.05) is 19.8 Å². The molecule has 124 valence electrons. The fraction of sp³-hybridized carbons (Fsp3) is 0.938. The molecule has 1 heterocycles. The van der Waals surface area contributed by atoms with Crippen LogP contribution in [0.1, 0.15) is 52.4 Å². The van der Waals surface area contributed by atoms with E-state index in [4.69, 9.17) is 10.5 Å². The van der Waals surface area contributed by atoms with E-state index in [0.717, 1.165) is 32.6 Å². The van der Waals surface area contributed by atoms with Gasteiger partial charge in [-0.1, -0.05) is 20.3 Å². The second-order valence-electron chi connectivity index (χ2n) is 7.14. The molecule has 21 heavy (non-hydrogen) atoms. The van der Waals surface area contributed by atoms with E-state index in [1.54, 1.807) is 0 Å². The molecule has 2 rings (SSSR count). The first-order valence-corrected chi connectivity index (χ1v) is 8.13. The molecule has 0 bridgehead atoms. The first-order chi connectivity index (χ1) is 9.52. The molecular formula is C16H31ClN2O2. The van der Waals surface area contributed by atoms with Crippen LogP contribution in [0.4, 0.5) is 0 Å². The fourth-order valence-corrected chi connectivity index (χ4v) is 3.68. The van der Waals surface area contributed by atoms with E-state index in [1.165, 1.54) is 25.7 Å². The van der Waals surface area contributed by atoms with Gasteiger partial charge < -0.3 is 15.8 Å².